The average molecular weight is 823 g/mol. The molecule has 2 aromatic heterocycles. The first kappa shape index (κ1) is 42.0. The fraction of sp³-hybridized carbons (Fsp3) is 0.455. The Bertz CT molecular complexity index is 2410. The van der Waals surface area contributed by atoms with Crippen molar-refractivity contribution in [3.05, 3.63) is 65.9 Å². The van der Waals surface area contributed by atoms with Crippen LogP contribution in [-0.4, -0.2) is 104 Å². The van der Waals surface area contributed by atoms with Crippen molar-refractivity contribution in [2.75, 3.05) is 20.8 Å². The fourth-order valence-electron chi connectivity index (χ4n) is 8.50. The molecule has 16 heteroatoms. The van der Waals surface area contributed by atoms with E-state index in [-0.39, 0.29) is 36.5 Å². The molecule has 5 atom stereocenters. The van der Waals surface area contributed by atoms with Crippen molar-refractivity contribution in [1.82, 2.24) is 40.4 Å². The highest BCUT2D eigenvalue weighted by atomic mass is 16.5. The van der Waals surface area contributed by atoms with Crippen molar-refractivity contribution in [3.63, 3.8) is 0 Å². The molecule has 2 aliphatic heterocycles. The third kappa shape index (κ3) is 8.20. The smallest absolute Gasteiger partial charge is 0.407 e. The predicted octanol–water partition coefficient (Wildman–Crippen LogP) is 6.33. The number of likely N-dealkylation sites (tertiary alicyclic amines) is 1. The summed E-state index contributed by atoms with van der Waals surface area (Å²) in [7, 11) is 2.49. The first-order valence-electron chi connectivity index (χ1n) is 20.5. The van der Waals surface area contributed by atoms with E-state index < -0.39 is 36.8 Å². The van der Waals surface area contributed by atoms with Gasteiger partial charge < -0.3 is 49.7 Å². The van der Waals surface area contributed by atoms with Gasteiger partial charge in [0.25, 0.3) is 0 Å². The normalized spacial score (nSPS) is 17.4. The lowest BCUT2D eigenvalue weighted by molar-refractivity contribution is -0.138. The Hall–Kier alpha value is -6.16. The van der Waals surface area contributed by atoms with Crippen molar-refractivity contribution in [1.29, 1.82) is 0 Å². The van der Waals surface area contributed by atoms with Gasteiger partial charge in [-0.2, -0.15) is 0 Å². The highest BCUT2D eigenvalue weighted by molar-refractivity contribution is 6.07. The van der Waals surface area contributed by atoms with Crippen LogP contribution < -0.4 is 15.4 Å². The summed E-state index contributed by atoms with van der Waals surface area (Å²) in [6.45, 7) is 9.72. The molecule has 1 saturated heterocycles. The van der Waals surface area contributed by atoms with Crippen LogP contribution in [0.25, 0.3) is 44.2 Å². The van der Waals surface area contributed by atoms with E-state index >= 15 is 0 Å². The number of carbonyl (C=O) groups excluding carboxylic acids is 4. The standard InChI is InChI=1S/C44H54N8O8/c1-8-9-24(4)51(41(54)34(21-53)48-43(56)58-6)20-37-46-32-14-12-26-17-31-29-13-11-27(16-28(29)22-60-36(31)18-30(26)39(32)49-37)33-19-45-40(47-33)35-15-10-25(5)52(35)42(55)38(23(2)3)50-44(57)59-7/h11-14,16-19,23-25,34-35,38,53H,8-10,15,20-22H2,1-7H3,(H,45,47)(H,46,49)(H,48,56)(H,50,57)/t24-,25-,34-,35-,38-/m0/s1. The maximum absolute atomic E-state index is 13.8. The number of H-pyrrole nitrogens is 2. The van der Waals surface area contributed by atoms with E-state index in [0.29, 0.717) is 18.3 Å². The maximum Gasteiger partial charge on any atom is 0.407 e. The predicted molar refractivity (Wildman–Crippen MR) is 225 cm³/mol. The minimum absolute atomic E-state index is 0.0238. The molecule has 7 rings (SSSR count). The van der Waals surface area contributed by atoms with E-state index in [2.05, 4.69) is 49.6 Å². The third-order valence-electron chi connectivity index (χ3n) is 11.7. The molecule has 1 fully saturated rings. The van der Waals surface area contributed by atoms with E-state index in [1.807, 2.05) is 57.7 Å². The number of amides is 4. The average Bonchev–Trinajstić information content (AvgIpc) is 4.00. The number of nitrogens with one attached hydrogen (secondary N) is 4. The monoisotopic (exact) mass is 822 g/mol. The van der Waals surface area contributed by atoms with Crippen LogP contribution in [0.3, 0.4) is 0 Å². The lowest BCUT2D eigenvalue weighted by Crippen LogP contribution is -2.52. The topological polar surface area (TPSA) is 204 Å². The highest BCUT2D eigenvalue weighted by Gasteiger charge is 2.41. The quantitative estimate of drug-likeness (QED) is 0.0893. The Balaban J connectivity index is 1.13. The van der Waals surface area contributed by atoms with Gasteiger partial charge in [0, 0.05) is 23.0 Å². The van der Waals surface area contributed by atoms with Gasteiger partial charge >= 0.3 is 12.2 Å². The zero-order valence-corrected chi connectivity index (χ0v) is 35.1. The number of aliphatic hydroxyl groups excluding tert-OH is 1. The number of fused-ring (bicyclic) bond motifs is 6. The summed E-state index contributed by atoms with van der Waals surface area (Å²) in [5.74, 6) is 1.28. The SMILES string of the molecule is CCC[C@H](C)N(Cc1nc2ccc3cc4c(cc3c2[nH]1)OCc1cc(-c2cnc([C@@H]3CC[C@H](C)N3C(=O)[C@@H](NC(=O)OC)C(C)C)[nH]2)ccc1-4)C(=O)[C@H](CO)NC(=O)OC. The zero-order chi connectivity index (χ0) is 42.8. The molecule has 4 heterocycles. The number of rotatable bonds is 13. The number of aliphatic hydroxyl groups is 1. The second-order valence-electron chi connectivity index (χ2n) is 16.1. The Labute approximate surface area is 348 Å². The summed E-state index contributed by atoms with van der Waals surface area (Å²) >= 11 is 0. The second-order valence-corrected chi connectivity index (χ2v) is 16.1. The van der Waals surface area contributed by atoms with Gasteiger partial charge in [0.1, 0.15) is 36.1 Å². The van der Waals surface area contributed by atoms with Gasteiger partial charge in [-0.3, -0.25) is 9.59 Å². The molecule has 60 heavy (non-hydrogen) atoms. The minimum atomic E-state index is -1.16. The first-order chi connectivity index (χ1) is 28.8. The first-order valence-corrected chi connectivity index (χ1v) is 20.5. The van der Waals surface area contributed by atoms with Crippen molar-refractivity contribution >= 4 is 45.8 Å². The molecule has 0 aliphatic carbocycles. The van der Waals surface area contributed by atoms with E-state index in [1.165, 1.54) is 14.2 Å². The number of carbonyl (C=O) groups is 4. The Morgan fingerprint density at radius 3 is 2.48 bits per heavy atom. The molecule has 2 aliphatic rings. The van der Waals surface area contributed by atoms with Crippen molar-refractivity contribution in [3.8, 4) is 28.1 Å². The number of imidazole rings is 2. The zero-order valence-electron chi connectivity index (χ0n) is 35.1. The molecular formula is C44H54N8O8. The summed E-state index contributed by atoms with van der Waals surface area (Å²) < 4.78 is 15.9. The second kappa shape index (κ2) is 17.6. The Kier molecular flexibility index (Phi) is 12.3. The molecule has 5 N–H and O–H groups in total. The van der Waals surface area contributed by atoms with Crippen molar-refractivity contribution in [2.45, 2.75) is 104 Å². The highest BCUT2D eigenvalue weighted by Crippen LogP contribution is 2.43. The van der Waals surface area contributed by atoms with Crippen LogP contribution in [0.4, 0.5) is 9.59 Å². The van der Waals surface area contributed by atoms with E-state index in [4.69, 9.17) is 19.4 Å². The number of nitrogens with zero attached hydrogens (tertiary/aromatic N) is 4. The molecular weight excluding hydrogens is 769 g/mol. The van der Waals surface area contributed by atoms with Crippen LogP contribution in [0.2, 0.25) is 0 Å². The van der Waals surface area contributed by atoms with Gasteiger partial charge in [0.2, 0.25) is 11.8 Å². The van der Waals surface area contributed by atoms with Crippen LogP contribution >= 0.6 is 0 Å². The molecule has 4 amide bonds. The van der Waals surface area contributed by atoms with Crippen LogP contribution in [-0.2, 0) is 32.2 Å². The summed E-state index contributed by atoms with van der Waals surface area (Å²) in [4.78, 5) is 71.5. The van der Waals surface area contributed by atoms with E-state index in [9.17, 15) is 24.3 Å². The van der Waals surface area contributed by atoms with E-state index in [1.54, 1.807) is 11.1 Å². The Morgan fingerprint density at radius 2 is 1.77 bits per heavy atom. The number of methoxy groups -OCH3 is 2. The molecule has 0 radical (unpaired) electrons. The van der Waals surface area contributed by atoms with Crippen molar-refractivity contribution in [2.24, 2.45) is 5.92 Å². The Morgan fingerprint density at radius 1 is 1.00 bits per heavy atom. The van der Waals surface area contributed by atoms with Gasteiger partial charge in [-0.15, -0.1) is 0 Å². The van der Waals surface area contributed by atoms with Gasteiger partial charge in [0.15, 0.2) is 0 Å². The molecule has 5 aromatic rings. The maximum atomic E-state index is 13.8. The molecule has 0 unspecified atom stereocenters. The summed E-state index contributed by atoms with van der Waals surface area (Å²) in [5, 5.41) is 17.0. The molecule has 0 bridgehead atoms. The van der Waals surface area contributed by atoms with Crippen molar-refractivity contribution < 1.29 is 38.5 Å². The van der Waals surface area contributed by atoms with Crippen LogP contribution in [0.5, 0.6) is 5.75 Å². The van der Waals surface area contributed by atoms with Gasteiger partial charge in [0.05, 0.1) is 56.3 Å². The number of aromatic amines is 2. The minimum Gasteiger partial charge on any atom is -0.488 e. The molecule has 0 saturated carbocycles. The number of ether oxygens (including phenoxy) is 3. The largest absolute Gasteiger partial charge is 0.488 e. The molecule has 0 spiro atoms. The fourth-order valence-corrected chi connectivity index (χ4v) is 8.50. The molecule has 16 nitrogen and oxygen atoms in total. The van der Waals surface area contributed by atoms with Crippen LogP contribution in [0.15, 0.2) is 48.7 Å². The van der Waals surface area contributed by atoms with Gasteiger partial charge in [-0.1, -0.05) is 45.4 Å². The molecule has 318 valence electrons. The number of aromatic nitrogens is 4. The van der Waals surface area contributed by atoms with Crippen LogP contribution in [0, 0.1) is 5.92 Å². The number of hydrogen-bond donors (Lipinski definition) is 5. The lowest BCUT2D eigenvalue weighted by Gasteiger charge is -2.32. The van der Waals surface area contributed by atoms with Gasteiger partial charge in [-0.25, -0.2) is 19.6 Å². The van der Waals surface area contributed by atoms with Crippen LogP contribution in [0.1, 0.15) is 83.6 Å². The lowest BCUT2D eigenvalue weighted by atomic mass is 9.92. The summed E-state index contributed by atoms with van der Waals surface area (Å²) in [6.07, 6.45) is 3.48. The summed E-state index contributed by atoms with van der Waals surface area (Å²) in [6, 6.07) is 12.0. The van der Waals surface area contributed by atoms with Gasteiger partial charge in [-0.05, 0) is 85.4 Å². The number of benzene rings is 3. The van der Waals surface area contributed by atoms with E-state index in [0.717, 1.165) is 81.2 Å². The third-order valence-corrected chi connectivity index (χ3v) is 11.7. The number of alkyl carbamates (subject to hydrolysis) is 2. The number of hydrogen-bond acceptors (Lipinski definition) is 10. The molecule has 3 aromatic carbocycles. The summed E-state index contributed by atoms with van der Waals surface area (Å²) in [5.41, 5.74) is 6.35.